The Labute approximate surface area is 185 Å². The first kappa shape index (κ1) is 21.5. The second-order valence-corrected chi connectivity index (χ2v) is 7.31. The first-order valence-electron chi connectivity index (χ1n) is 10.4. The van der Waals surface area contributed by atoms with Gasteiger partial charge in [-0.15, -0.1) is 0 Å². The molecule has 0 saturated heterocycles. The maximum absolute atomic E-state index is 11.1. The molecule has 164 valence electrons. The molecular weight excluding hydrogens is 408 g/mol. The van der Waals surface area contributed by atoms with Crippen molar-refractivity contribution >= 4 is 16.9 Å². The number of carbonyl (C=O) groups is 1. The van der Waals surface area contributed by atoms with Crippen molar-refractivity contribution in [3.63, 3.8) is 0 Å². The van der Waals surface area contributed by atoms with Gasteiger partial charge in [0.15, 0.2) is 0 Å². The predicted octanol–water partition coefficient (Wildman–Crippen LogP) is 5.33. The van der Waals surface area contributed by atoms with E-state index in [9.17, 15) is 4.79 Å². The number of pyridine rings is 1. The lowest BCUT2D eigenvalue weighted by atomic mass is 10.1. The maximum Gasteiger partial charge on any atom is 0.306 e. The van der Waals surface area contributed by atoms with Crippen molar-refractivity contribution in [2.24, 2.45) is 0 Å². The van der Waals surface area contributed by atoms with Crippen LogP contribution in [0.3, 0.4) is 0 Å². The number of carboxylic acids is 1. The Bertz CT molecular complexity index is 1220. The van der Waals surface area contributed by atoms with Gasteiger partial charge in [-0.25, -0.2) is 9.97 Å². The van der Waals surface area contributed by atoms with E-state index in [1.54, 1.807) is 12.1 Å². The average Bonchev–Trinajstić information content (AvgIpc) is 3.17. The first-order valence-corrected chi connectivity index (χ1v) is 10.4. The third-order valence-electron chi connectivity index (χ3n) is 5.07. The summed E-state index contributed by atoms with van der Waals surface area (Å²) >= 11 is 0. The van der Waals surface area contributed by atoms with E-state index in [1.807, 2.05) is 62.4 Å². The summed E-state index contributed by atoms with van der Waals surface area (Å²) in [6, 6.07) is 19.0. The molecule has 2 aromatic heterocycles. The van der Waals surface area contributed by atoms with E-state index in [2.05, 4.69) is 9.97 Å². The van der Waals surface area contributed by atoms with Gasteiger partial charge in [-0.05, 0) is 43.7 Å². The summed E-state index contributed by atoms with van der Waals surface area (Å²) in [4.78, 5) is 20.3. The van der Waals surface area contributed by atoms with Crippen LogP contribution in [-0.4, -0.2) is 27.7 Å². The van der Waals surface area contributed by atoms with Crippen LogP contribution in [0.2, 0.25) is 0 Å². The van der Waals surface area contributed by atoms with Crippen molar-refractivity contribution < 1.29 is 23.8 Å². The molecule has 2 aromatic carbocycles. The third kappa shape index (κ3) is 4.95. The Kier molecular flexibility index (Phi) is 6.47. The molecule has 0 saturated carbocycles. The lowest BCUT2D eigenvalue weighted by Crippen LogP contribution is -2.10. The van der Waals surface area contributed by atoms with Crippen LogP contribution in [0.1, 0.15) is 36.5 Å². The maximum atomic E-state index is 11.1. The van der Waals surface area contributed by atoms with Crippen LogP contribution in [0.4, 0.5) is 0 Å². The normalized spacial score (nSPS) is 12.1. The number of aliphatic carboxylic acids is 1. The van der Waals surface area contributed by atoms with Gasteiger partial charge in [0.1, 0.15) is 29.5 Å². The standard InChI is InChI=1S/C25H24N2O5/c1-3-30-23(14-24(28)29)18-8-11-19(12-9-18)31-15-22-16(2)32-25(27-22)21-13-10-17-6-4-5-7-20(17)26-21/h4-13,23H,3,14-15H2,1-2H3,(H,28,29). The highest BCUT2D eigenvalue weighted by molar-refractivity contribution is 5.80. The molecule has 1 unspecified atom stereocenters. The van der Waals surface area contributed by atoms with Crippen molar-refractivity contribution in [2.75, 3.05) is 6.61 Å². The highest BCUT2D eigenvalue weighted by atomic mass is 16.5. The Balaban J connectivity index is 1.45. The summed E-state index contributed by atoms with van der Waals surface area (Å²) in [5.74, 6) is 0.869. The molecular formula is C25H24N2O5. The van der Waals surface area contributed by atoms with E-state index in [1.165, 1.54) is 0 Å². The summed E-state index contributed by atoms with van der Waals surface area (Å²) in [5, 5.41) is 10.1. The van der Waals surface area contributed by atoms with Gasteiger partial charge in [0.05, 0.1) is 18.0 Å². The predicted molar refractivity (Wildman–Crippen MR) is 119 cm³/mol. The number of ether oxygens (including phenoxy) is 2. The topological polar surface area (TPSA) is 94.7 Å². The smallest absolute Gasteiger partial charge is 0.306 e. The molecule has 4 aromatic rings. The Morgan fingerprint density at radius 3 is 2.59 bits per heavy atom. The van der Waals surface area contributed by atoms with Crippen molar-refractivity contribution in [3.8, 4) is 17.3 Å². The van der Waals surface area contributed by atoms with Crippen LogP contribution >= 0.6 is 0 Å². The molecule has 0 aliphatic rings. The quantitative estimate of drug-likeness (QED) is 0.382. The first-order chi connectivity index (χ1) is 15.5. The molecule has 4 rings (SSSR count). The van der Waals surface area contributed by atoms with E-state index in [0.717, 1.165) is 16.5 Å². The van der Waals surface area contributed by atoms with E-state index >= 15 is 0 Å². The summed E-state index contributed by atoms with van der Waals surface area (Å²) in [5.41, 5.74) is 3.04. The van der Waals surface area contributed by atoms with Gasteiger partial charge in [0.25, 0.3) is 0 Å². The molecule has 0 bridgehead atoms. The molecule has 0 aliphatic carbocycles. The van der Waals surface area contributed by atoms with Gasteiger partial charge in [-0.3, -0.25) is 4.79 Å². The highest BCUT2D eigenvalue weighted by Crippen LogP contribution is 2.26. The van der Waals surface area contributed by atoms with Crippen molar-refractivity contribution in [3.05, 3.63) is 77.7 Å². The van der Waals surface area contributed by atoms with Gasteiger partial charge < -0.3 is 19.0 Å². The lowest BCUT2D eigenvalue weighted by molar-refractivity contribution is -0.140. The summed E-state index contributed by atoms with van der Waals surface area (Å²) in [6.07, 6.45) is -0.570. The second kappa shape index (κ2) is 9.62. The van der Waals surface area contributed by atoms with Crippen molar-refractivity contribution in [2.45, 2.75) is 33.0 Å². The van der Waals surface area contributed by atoms with Gasteiger partial charge in [-0.1, -0.05) is 36.4 Å². The number of oxazole rings is 1. The van der Waals surface area contributed by atoms with Gasteiger partial charge in [0.2, 0.25) is 5.89 Å². The van der Waals surface area contributed by atoms with E-state index in [4.69, 9.17) is 19.0 Å². The number of aryl methyl sites for hydroxylation is 1. The third-order valence-corrected chi connectivity index (χ3v) is 5.07. The molecule has 1 atom stereocenters. The zero-order chi connectivity index (χ0) is 22.5. The molecule has 7 nitrogen and oxygen atoms in total. The molecule has 2 heterocycles. The number of para-hydroxylation sites is 1. The second-order valence-electron chi connectivity index (χ2n) is 7.31. The van der Waals surface area contributed by atoms with Crippen LogP contribution in [0, 0.1) is 6.92 Å². The molecule has 0 aliphatic heterocycles. The van der Waals surface area contributed by atoms with Crippen LogP contribution in [0.25, 0.3) is 22.5 Å². The highest BCUT2D eigenvalue weighted by Gasteiger charge is 2.16. The molecule has 0 radical (unpaired) electrons. The Hall–Kier alpha value is -3.71. The number of aromatic nitrogens is 2. The number of rotatable bonds is 9. The fourth-order valence-corrected chi connectivity index (χ4v) is 3.42. The van der Waals surface area contributed by atoms with E-state index < -0.39 is 12.1 Å². The number of benzene rings is 2. The molecule has 0 fully saturated rings. The van der Waals surface area contributed by atoms with E-state index in [0.29, 0.717) is 35.4 Å². The largest absolute Gasteiger partial charge is 0.487 e. The van der Waals surface area contributed by atoms with Crippen LogP contribution in [0.15, 0.2) is 65.1 Å². The number of nitrogens with zero attached hydrogens (tertiary/aromatic N) is 2. The number of fused-ring (bicyclic) bond motifs is 1. The van der Waals surface area contributed by atoms with Gasteiger partial charge in [-0.2, -0.15) is 0 Å². The van der Waals surface area contributed by atoms with Crippen LogP contribution in [-0.2, 0) is 16.1 Å². The van der Waals surface area contributed by atoms with E-state index in [-0.39, 0.29) is 13.0 Å². The zero-order valence-electron chi connectivity index (χ0n) is 17.9. The molecule has 0 amide bonds. The van der Waals surface area contributed by atoms with Crippen LogP contribution < -0.4 is 4.74 Å². The fourth-order valence-electron chi connectivity index (χ4n) is 3.42. The number of carboxylic acid groups (broad SMARTS) is 1. The minimum Gasteiger partial charge on any atom is -0.487 e. The lowest BCUT2D eigenvalue weighted by Gasteiger charge is -2.15. The number of hydrogen-bond donors (Lipinski definition) is 1. The molecule has 1 N–H and O–H groups in total. The molecule has 7 heteroatoms. The SMILES string of the molecule is CCOC(CC(=O)O)c1ccc(OCc2nc(-c3ccc4ccccc4n3)oc2C)cc1. The minimum atomic E-state index is -0.901. The summed E-state index contributed by atoms with van der Waals surface area (Å²) in [7, 11) is 0. The van der Waals surface area contributed by atoms with Gasteiger partial charge >= 0.3 is 5.97 Å². The fraction of sp³-hybridized carbons (Fsp3) is 0.240. The monoisotopic (exact) mass is 432 g/mol. The van der Waals surface area contributed by atoms with Crippen molar-refractivity contribution in [1.82, 2.24) is 9.97 Å². The average molecular weight is 432 g/mol. The minimum absolute atomic E-state index is 0.0856. The van der Waals surface area contributed by atoms with Crippen LogP contribution in [0.5, 0.6) is 5.75 Å². The summed E-state index contributed by atoms with van der Waals surface area (Å²) in [6.45, 7) is 4.37. The molecule has 32 heavy (non-hydrogen) atoms. The molecule has 0 spiro atoms. The number of hydrogen-bond acceptors (Lipinski definition) is 6. The Morgan fingerprint density at radius 1 is 1.06 bits per heavy atom. The Morgan fingerprint density at radius 2 is 1.84 bits per heavy atom. The van der Waals surface area contributed by atoms with Gasteiger partial charge in [0, 0.05) is 12.0 Å². The zero-order valence-corrected chi connectivity index (χ0v) is 17.9. The van der Waals surface area contributed by atoms with Crippen molar-refractivity contribution in [1.29, 1.82) is 0 Å². The summed E-state index contributed by atoms with van der Waals surface area (Å²) < 4.78 is 17.2.